The molecule has 0 bridgehead atoms. The zero-order valence-corrected chi connectivity index (χ0v) is 13.8. The average Bonchev–Trinajstić information content (AvgIpc) is 2.65. The van der Waals surface area contributed by atoms with Crippen LogP contribution in [0.2, 0.25) is 0 Å². The fraction of sp³-hybridized carbons (Fsp3) is 0.0952. The third kappa shape index (κ3) is 4.68. The van der Waals surface area contributed by atoms with E-state index in [-0.39, 0.29) is 5.91 Å². The van der Waals surface area contributed by atoms with E-state index < -0.39 is 6.04 Å². The molecule has 126 valence electrons. The maximum absolute atomic E-state index is 12.4. The van der Waals surface area contributed by atoms with Crippen LogP contribution >= 0.6 is 0 Å². The van der Waals surface area contributed by atoms with Crippen molar-refractivity contribution < 1.29 is 9.53 Å². The summed E-state index contributed by atoms with van der Waals surface area (Å²) in [5.41, 5.74) is 7.67. The molecule has 0 unspecified atom stereocenters. The SMILES string of the molecule is N[C@H](Cc1ccccc1)C(=O)Nc1ccccc1Oc1ccccc1. The lowest BCUT2D eigenvalue weighted by atomic mass is 10.1. The number of nitrogens with two attached hydrogens (primary N) is 1. The lowest BCUT2D eigenvalue weighted by Gasteiger charge is -2.15. The molecule has 3 aromatic rings. The summed E-state index contributed by atoms with van der Waals surface area (Å²) < 4.78 is 5.85. The average molecular weight is 332 g/mol. The maximum Gasteiger partial charge on any atom is 0.241 e. The number of carbonyl (C=O) groups excluding carboxylic acids is 1. The first-order chi connectivity index (χ1) is 12.2. The first-order valence-electron chi connectivity index (χ1n) is 8.14. The van der Waals surface area contributed by atoms with E-state index in [1.807, 2.05) is 78.9 Å². The molecule has 0 aromatic heterocycles. The minimum Gasteiger partial charge on any atom is -0.455 e. The molecular weight excluding hydrogens is 312 g/mol. The molecule has 0 aliphatic heterocycles. The summed E-state index contributed by atoms with van der Waals surface area (Å²) >= 11 is 0. The monoisotopic (exact) mass is 332 g/mol. The van der Waals surface area contributed by atoms with Crippen molar-refractivity contribution in [2.45, 2.75) is 12.5 Å². The Kier molecular flexibility index (Phi) is 5.44. The van der Waals surface area contributed by atoms with E-state index >= 15 is 0 Å². The van der Waals surface area contributed by atoms with Crippen molar-refractivity contribution in [3.63, 3.8) is 0 Å². The molecule has 0 spiro atoms. The zero-order valence-electron chi connectivity index (χ0n) is 13.8. The number of hydrogen-bond acceptors (Lipinski definition) is 3. The van der Waals surface area contributed by atoms with Crippen LogP contribution in [0.3, 0.4) is 0 Å². The van der Waals surface area contributed by atoms with Crippen molar-refractivity contribution in [2.75, 3.05) is 5.32 Å². The molecule has 1 atom stereocenters. The number of anilines is 1. The summed E-state index contributed by atoms with van der Waals surface area (Å²) in [5.74, 6) is 1.04. The van der Waals surface area contributed by atoms with Crippen LogP contribution in [-0.2, 0) is 11.2 Å². The predicted octanol–water partition coefficient (Wildman–Crippen LogP) is 3.99. The molecule has 0 heterocycles. The molecule has 0 radical (unpaired) electrons. The van der Waals surface area contributed by atoms with Crippen LogP contribution in [0.25, 0.3) is 0 Å². The van der Waals surface area contributed by atoms with Gasteiger partial charge in [-0.15, -0.1) is 0 Å². The van der Waals surface area contributed by atoms with E-state index in [2.05, 4.69) is 5.32 Å². The minimum absolute atomic E-state index is 0.243. The number of hydrogen-bond donors (Lipinski definition) is 2. The summed E-state index contributed by atoms with van der Waals surface area (Å²) in [4.78, 5) is 12.4. The Morgan fingerprint density at radius 2 is 1.48 bits per heavy atom. The van der Waals surface area contributed by atoms with Crippen molar-refractivity contribution >= 4 is 11.6 Å². The number of ether oxygens (including phenoxy) is 1. The van der Waals surface area contributed by atoms with E-state index in [4.69, 9.17) is 10.5 Å². The van der Waals surface area contributed by atoms with E-state index in [0.717, 1.165) is 5.56 Å². The van der Waals surface area contributed by atoms with Gasteiger partial charge >= 0.3 is 0 Å². The Bertz CT molecular complexity index is 820. The van der Waals surface area contributed by atoms with Crippen molar-refractivity contribution in [3.8, 4) is 11.5 Å². The normalized spacial score (nSPS) is 11.6. The van der Waals surface area contributed by atoms with Crippen LogP contribution in [-0.4, -0.2) is 11.9 Å². The van der Waals surface area contributed by atoms with Crippen LogP contribution in [0.4, 0.5) is 5.69 Å². The number of benzene rings is 3. The van der Waals surface area contributed by atoms with Crippen molar-refractivity contribution in [2.24, 2.45) is 5.73 Å². The largest absolute Gasteiger partial charge is 0.455 e. The van der Waals surface area contributed by atoms with Gasteiger partial charge in [0.25, 0.3) is 0 Å². The number of amides is 1. The van der Waals surface area contributed by atoms with E-state index in [9.17, 15) is 4.79 Å². The topological polar surface area (TPSA) is 64.4 Å². The fourth-order valence-electron chi connectivity index (χ4n) is 2.46. The van der Waals surface area contributed by atoms with Crippen LogP contribution < -0.4 is 15.8 Å². The first-order valence-corrected chi connectivity index (χ1v) is 8.14. The fourth-order valence-corrected chi connectivity index (χ4v) is 2.46. The molecule has 0 saturated carbocycles. The van der Waals surface area contributed by atoms with Gasteiger partial charge in [-0.25, -0.2) is 0 Å². The van der Waals surface area contributed by atoms with E-state index in [0.29, 0.717) is 23.6 Å². The second kappa shape index (κ2) is 8.13. The molecule has 1 amide bonds. The van der Waals surface area contributed by atoms with Crippen LogP contribution in [0.1, 0.15) is 5.56 Å². The van der Waals surface area contributed by atoms with Gasteiger partial charge in [0.2, 0.25) is 5.91 Å². The van der Waals surface area contributed by atoms with Gasteiger partial charge in [-0.1, -0.05) is 60.7 Å². The Balaban J connectivity index is 1.69. The molecular formula is C21H20N2O2. The van der Waals surface area contributed by atoms with Crippen molar-refractivity contribution in [3.05, 3.63) is 90.5 Å². The van der Waals surface area contributed by atoms with Crippen LogP contribution in [0, 0.1) is 0 Å². The number of para-hydroxylation sites is 3. The molecule has 4 nitrogen and oxygen atoms in total. The number of carbonyl (C=O) groups is 1. The smallest absolute Gasteiger partial charge is 0.241 e. The van der Waals surface area contributed by atoms with Gasteiger partial charge in [-0.05, 0) is 36.2 Å². The van der Waals surface area contributed by atoms with Crippen LogP contribution in [0.15, 0.2) is 84.9 Å². The second-order valence-electron chi connectivity index (χ2n) is 5.70. The Hall–Kier alpha value is -3.11. The van der Waals surface area contributed by atoms with Gasteiger partial charge in [0, 0.05) is 0 Å². The molecule has 0 aliphatic rings. The Labute approximate surface area is 147 Å². The van der Waals surface area contributed by atoms with Crippen molar-refractivity contribution in [1.82, 2.24) is 0 Å². The highest BCUT2D eigenvalue weighted by Gasteiger charge is 2.16. The molecule has 3 rings (SSSR count). The summed E-state index contributed by atoms with van der Waals surface area (Å²) in [6.07, 6.45) is 0.481. The predicted molar refractivity (Wildman–Crippen MR) is 99.7 cm³/mol. The van der Waals surface area contributed by atoms with Crippen LogP contribution in [0.5, 0.6) is 11.5 Å². The molecule has 3 aromatic carbocycles. The summed E-state index contributed by atoms with van der Waals surface area (Å²) in [6.45, 7) is 0. The molecule has 3 N–H and O–H groups in total. The molecule has 4 heteroatoms. The van der Waals surface area contributed by atoms with Gasteiger partial charge in [0.05, 0.1) is 11.7 Å². The lowest BCUT2D eigenvalue weighted by Crippen LogP contribution is -2.37. The van der Waals surface area contributed by atoms with E-state index in [1.54, 1.807) is 6.07 Å². The van der Waals surface area contributed by atoms with E-state index in [1.165, 1.54) is 0 Å². The van der Waals surface area contributed by atoms with Gasteiger partial charge < -0.3 is 15.8 Å². The summed E-state index contributed by atoms with van der Waals surface area (Å²) in [6, 6.07) is 25.8. The highest BCUT2D eigenvalue weighted by atomic mass is 16.5. The quantitative estimate of drug-likeness (QED) is 0.717. The number of rotatable bonds is 6. The summed E-state index contributed by atoms with van der Waals surface area (Å²) in [7, 11) is 0. The van der Waals surface area contributed by atoms with Gasteiger partial charge in [0.15, 0.2) is 5.75 Å². The highest BCUT2D eigenvalue weighted by Crippen LogP contribution is 2.29. The molecule has 0 aliphatic carbocycles. The first kappa shape index (κ1) is 16.7. The standard InChI is InChI=1S/C21H20N2O2/c22-18(15-16-9-3-1-4-10-16)21(24)23-19-13-7-8-14-20(19)25-17-11-5-2-6-12-17/h1-14,18H,15,22H2,(H,23,24)/t18-/m1/s1. The zero-order chi connectivity index (χ0) is 17.5. The molecule has 0 saturated heterocycles. The minimum atomic E-state index is -0.632. The Morgan fingerprint density at radius 3 is 2.20 bits per heavy atom. The van der Waals surface area contributed by atoms with Crippen molar-refractivity contribution in [1.29, 1.82) is 0 Å². The summed E-state index contributed by atoms with van der Waals surface area (Å²) in [5, 5.41) is 2.86. The highest BCUT2D eigenvalue weighted by molar-refractivity contribution is 5.96. The number of nitrogens with one attached hydrogen (secondary N) is 1. The lowest BCUT2D eigenvalue weighted by molar-refractivity contribution is -0.117. The molecule has 0 fully saturated rings. The maximum atomic E-state index is 12.4. The van der Waals surface area contributed by atoms with Gasteiger partial charge in [0.1, 0.15) is 5.75 Å². The van der Waals surface area contributed by atoms with Gasteiger partial charge in [-0.2, -0.15) is 0 Å². The molecule has 25 heavy (non-hydrogen) atoms. The third-order valence-corrected chi connectivity index (χ3v) is 3.75. The second-order valence-corrected chi connectivity index (χ2v) is 5.70. The van der Waals surface area contributed by atoms with Gasteiger partial charge in [-0.3, -0.25) is 4.79 Å². The third-order valence-electron chi connectivity index (χ3n) is 3.75. The Morgan fingerprint density at radius 1 is 0.880 bits per heavy atom.